The van der Waals surface area contributed by atoms with Crippen molar-refractivity contribution in [2.45, 2.75) is 13.8 Å². The Kier molecular flexibility index (Phi) is 4.83. The first-order valence-electron chi connectivity index (χ1n) is 9.06. The van der Waals surface area contributed by atoms with E-state index in [0.29, 0.717) is 22.2 Å². The number of benzene rings is 2. The molecule has 0 N–H and O–H groups in total. The molecule has 2 heterocycles. The first-order chi connectivity index (χ1) is 14.3. The summed E-state index contributed by atoms with van der Waals surface area (Å²) in [6.45, 7) is 2.69. The number of hydrogen-bond acceptors (Lipinski definition) is 4. The second-order valence-electron chi connectivity index (χ2n) is 6.74. The third kappa shape index (κ3) is 3.55. The molecule has 0 bridgehead atoms. The molecule has 0 aliphatic heterocycles. The topological polar surface area (TPSA) is 69.8 Å². The van der Waals surface area contributed by atoms with Gasteiger partial charge in [-0.2, -0.15) is 14.9 Å². The Balaban J connectivity index is 1.85. The van der Waals surface area contributed by atoms with Gasteiger partial charge in [-0.05, 0) is 29.8 Å². The zero-order valence-corrected chi connectivity index (χ0v) is 16.1. The van der Waals surface area contributed by atoms with Gasteiger partial charge in [0.25, 0.3) is 0 Å². The average molecular weight is 406 g/mol. The lowest BCUT2D eigenvalue weighted by molar-refractivity contribution is 0.0915. The minimum absolute atomic E-state index is 0.231. The van der Waals surface area contributed by atoms with Crippen LogP contribution in [0, 0.1) is 11.6 Å². The van der Waals surface area contributed by atoms with Gasteiger partial charge >= 0.3 is 0 Å². The molecule has 8 heteroatoms. The molecule has 2 aromatic carbocycles. The number of aromatic nitrogens is 4. The molecule has 0 aliphatic rings. The second-order valence-corrected chi connectivity index (χ2v) is 6.74. The van der Waals surface area contributed by atoms with Crippen molar-refractivity contribution < 1.29 is 18.4 Å². The van der Waals surface area contributed by atoms with Crippen LogP contribution in [0.4, 0.5) is 8.78 Å². The highest BCUT2D eigenvalue weighted by Gasteiger charge is 2.17. The Morgan fingerprint density at radius 3 is 2.37 bits per heavy atom. The molecule has 30 heavy (non-hydrogen) atoms. The molecule has 150 valence electrons. The summed E-state index contributed by atoms with van der Waals surface area (Å²) in [5.41, 5.74) is 2.17. The van der Waals surface area contributed by atoms with E-state index in [-0.39, 0.29) is 23.2 Å². The maximum absolute atomic E-state index is 14.8. The lowest BCUT2D eigenvalue weighted by atomic mass is 10.0. The molecule has 0 saturated carbocycles. The number of nitrogens with zero attached hydrogens (tertiary/aromatic N) is 4. The van der Waals surface area contributed by atoms with Gasteiger partial charge in [-0.1, -0.05) is 18.2 Å². The normalized spacial score (nSPS) is 11.5. The zero-order chi connectivity index (χ0) is 21.4. The average Bonchev–Trinajstić information content (AvgIpc) is 3.32. The maximum atomic E-state index is 14.8. The van der Waals surface area contributed by atoms with Crippen molar-refractivity contribution in [2.75, 3.05) is 0 Å². The number of halogens is 2. The van der Waals surface area contributed by atoms with Gasteiger partial charge in [-0.25, -0.2) is 13.5 Å². The van der Waals surface area contributed by atoms with Crippen LogP contribution in [0.1, 0.15) is 34.7 Å². The fourth-order valence-corrected chi connectivity index (χ4v) is 3.13. The Bertz CT molecular complexity index is 1320. The Morgan fingerprint density at radius 2 is 1.73 bits per heavy atom. The lowest BCUT2D eigenvalue weighted by Crippen LogP contribution is -2.07. The smallest absolute Gasteiger partial charge is 0.244 e. The maximum Gasteiger partial charge on any atom is 0.244 e. The molecule has 0 radical (unpaired) electrons. The fraction of sp³-hybridized carbons (Fsp3) is 0.0909. The minimum Gasteiger partial charge on any atom is -0.273 e. The zero-order valence-electron chi connectivity index (χ0n) is 16.1. The number of rotatable bonds is 3. The van der Waals surface area contributed by atoms with Gasteiger partial charge in [0.15, 0.2) is 0 Å². The summed E-state index contributed by atoms with van der Waals surface area (Å²) in [7, 11) is 0. The standard InChI is InChI=1S/C22H16F2N4O2/c1-13(29)27-12-16(11-25-27)18-9-19-21(8-5-15-3-6-17(23)7-4-15)26-28(14(2)30)22(19)10-20(18)24/h3-12H,1-2H3. The molecule has 0 fully saturated rings. The van der Waals surface area contributed by atoms with Gasteiger partial charge in [0.2, 0.25) is 11.8 Å². The predicted molar refractivity (Wildman–Crippen MR) is 109 cm³/mol. The molecule has 0 unspecified atom stereocenters. The molecule has 2 aromatic heterocycles. The van der Waals surface area contributed by atoms with E-state index >= 15 is 0 Å². The first kappa shape index (κ1) is 19.4. The largest absolute Gasteiger partial charge is 0.273 e. The number of carbonyl (C=O) groups is 2. The molecule has 0 aliphatic carbocycles. The van der Waals surface area contributed by atoms with E-state index in [1.165, 1.54) is 44.4 Å². The molecular weight excluding hydrogens is 390 g/mol. The summed E-state index contributed by atoms with van der Waals surface area (Å²) in [5.74, 6) is -1.57. The van der Waals surface area contributed by atoms with Crippen LogP contribution in [-0.2, 0) is 0 Å². The third-order valence-corrected chi connectivity index (χ3v) is 4.62. The van der Waals surface area contributed by atoms with E-state index in [4.69, 9.17) is 0 Å². The van der Waals surface area contributed by atoms with Crippen LogP contribution in [0.25, 0.3) is 34.2 Å². The van der Waals surface area contributed by atoms with Crippen molar-refractivity contribution in [1.29, 1.82) is 0 Å². The van der Waals surface area contributed by atoms with E-state index in [1.807, 2.05) is 0 Å². The van der Waals surface area contributed by atoms with E-state index < -0.39 is 5.82 Å². The SMILES string of the molecule is CC(=O)n1cc(-c2cc3c(C=Cc4ccc(F)cc4)nn(C(C)=O)c3cc2F)cn1. The van der Waals surface area contributed by atoms with Crippen LogP contribution < -0.4 is 0 Å². The number of hydrogen-bond donors (Lipinski definition) is 0. The molecule has 0 saturated heterocycles. The molecule has 6 nitrogen and oxygen atoms in total. The van der Waals surface area contributed by atoms with E-state index in [2.05, 4.69) is 10.2 Å². The van der Waals surface area contributed by atoms with Crippen molar-refractivity contribution in [3.8, 4) is 11.1 Å². The quantitative estimate of drug-likeness (QED) is 0.496. The molecular formula is C22H16F2N4O2. The van der Waals surface area contributed by atoms with Crippen molar-refractivity contribution in [1.82, 2.24) is 19.6 Å². The highest BCUT2D eigenvalue weighted by molar-refractivity contribution is 5.98. The van der Waals surface area contributed by atoms with Gasteiger partial charge in [-0.15, -0.1) is 0 Å². The molecule has 0 amide bonds. The summed E-state index contributed by atoms with van der Waals surface area (Å²) < 4.78 is 30.2. The van der Waals surface area contributed by atoms with Crippen molar-refractivity contribution in [3.05, 3.63) is 71.7 Å². The van der Waals surface area contributed by atoms with Crippen LogP contribution in [0.2, 0.25) is 0 Å². The van der Waals surface area contributed by atoms with Gasteiger partial charge < -0.3 is 0 Å². The minimum atomic E-state index is -0.568. The van der Waals surface area contributed by atoms with E-state index in [1.54, 1.807) is 30.4 Å². The Morgan fingerprint density at radius 1 is 1.00 bits per heavy atom. The number of carbonyl (C=O) groups excluding carboxylic acids is 2. The van der Waals surface area contributed by atoms with Gasteiger partial charge in [-0.3, -0.25) is 9.59 Å². The first-order valence-corrected chi connectivity index (χ1v) is 9.06. The van der Waals surface area contributed by atoms with Crippen LogP contribution in [-0.4, -0.2) is 31.4 Å². The Labute approximate surface area is 170 Å². The summed E-state index contributed by atoms with van der Waals surface area (Å²) in [6, 6.07) is 8.70. The van der Waals surface area contributed by atoms with Crippen LogP contribution >= 0.6 is 0 Å². The van der Waals surface area contributed by atoms with Crippen molar-refractivity contribution in [3.63, 3.8) is 0 Å². The van der Waals surface area contributed by atoms with Crippen LogP contribution in [0.3, 0.4) is 0 Å². The lowest BCUT2D eigenvalue weighted by Gasteiger charge is -2.02. The highest BCUT2D eigenvalue weighted by atomic mass is 19.1. The monoisotopic (exact) mass is 406 g/mol. The third-order valence-electron chi connectivity index (χ3n) is 4.62. The summed E-state index contributed by atoms with van der Waals surface area (Å²) >= 11 is 0. The van der Waals surface area contributed by atoms with Crippen LogP contribution in [0.5, 0.6) is 0 Å². The van der Waals surface area contributed by atoms with Crippen molar-refractivity contribution >= 4 is 34.9 Å². The highest BCUT2D eigenvalue weighted by Crippen LogP contribution is 2.30. The van der Waals surface area contributed by atoms with E-state index in [9.17, 15) is 18.4 Å². The molecule has 4 aromatic rings. The van der Waals surface area contributed by atoms with Gasteiger partial charge in [0.05, 0.1) is 17.4 Å². The van der Waals surface area contributed by atoms with Crippen molar-refractivity contribution in [2.24, 2.45) is 0 Å². The summed E-state index contributed by atoms with van der Waals surface area (Å²) in [6.07, 6.45) is 6.24. The molecule has 4 rings (SSSR count). The Hall–Kier alpha value is -3.94. The predicted octanol–water partition coefficient (Wildman–Crippen LogP) is 4.67. The van der Waals surface area contributed by atoms with E-state index in [0.717, 1.165) is 14.9 Å². The molecule has 0 spiro atoms. The van der Waals surface area contributed by atoms with Gasteiger partial charge in [0, 0.05) is 42.6 Å². The van der Waals surface area contributed by atoms with Gasteiger partial charge in [0.1, 0.15) is 11.6 Å². The summed E-state index contributed by atoms with van der Waals surface area (Å²) in [5, 5.41) is 8.78. The molecule has 0 atom stereocenters. The number of fused-ring (bicyclic) bond motifs is 1. The van der Waals surface area contributed by atoms with Crippen LogP contribution in [0.15, 0.2) is 48.8 Å². The second kappa shape index (κ2) is 7.47. The fourth-order valence-electron chi connectivity index (χ4n) is 3.13. The summed E-state index contributed by atoms with van der Waals surface area (Å²) in [4.78, 5) is 23.5.